The summed E-state index contributed by atoms with van der Waals surface area (Å²) in [5.74, 6) is 0.550. The Hall–Kier alpha value is -1.82. The van der Waals surface area contributed by atoms with Gasteiger partial charge in [-0.15, -0.1) is 0 Å². The lowest BCUT2D eigenvalue weighted by Gasteiger charge is -2.16. The van der Waals surface area contributed by atoms with E-state index in [1.54, 1.807) is 7.11 Å². The molecule has 0 bridgehead atoms. The van der Waals surface area contributed by atoms with Gasteiger partial charge >= 0.3 is 0 Å². The average Bonchev–Trinajstić information content (AvgIpc) is 2.98. The SMILES string of the molecule is COc1ccccc1CC(=O)NNC(=S)NC1CCCC1. The number of rotatable bonds is 4. The van der Waals surface area contributed by atoms with E-state index < -0.39 is 0 Å². The number of hydrazine groups is 1. The summed E-state index contributed by atoms with van der Waals surface area (Å²) >= 11 is 5.16. The molecule has 1 aromatic carbocycles. The molecule has 2 rings (SSSR count). The molecule has 0 aliphatic heterocycles. The molecule has 21 heavy (non-hydrogen) atoms. The molecule has 1 aliphatic rings. The zero-order valence-electron chi connectivity index (χ0n) is 12.1. The zero-order chi connectivity index (χ0) is 15.1. The maximum Gasteiger partial charge on any atom is 0.242 e. The Bertz CT molecular complexity index is 501. The Morgan fingerprint density at radius 1 is 1.29 bits per heavy atom. The topological polar surface area (TPSA) is 62.4 Å². The molecular weight excluding hydrogens is 286 g/mol. The predicted molar refractivity (Wildman–Crippen MR) is 86.0 cm³/mol. The van der Waals surface area contributed by atoms with Gasteiger partial charge in [-0.25, -0.2) is 0 Å². The standard InChI is InChI=1S/C15H21N3O2S/c1-20-13-9-5-2-6-11(13)10-14(19)17-18-15(21)16-12-7-3-4-8-12/h2,5-6,9,12H,3-4,7-8,10H2,1H3,(H,17,19)(H2,16,18,21). The third kappa shape index (κ3) is 4.90. The molecule has 114 valence electrons. The van der Waals surface area contributed by atoms with Gasteiger partial charge in [0.25, 0.3) is 0 Å². The summed E-state index contributed by atoms with van der Waals surface area (Å²) in [6.45, 7) is 0. The summed E-state index contributed by atoms with van der Waals surface area (Å²) in [6.07, 6.45) is 4.98. The number of benzene rings is 1. The van der Waals surface area contributed by atoms with Crippen LogP contribution < -0.4 is 20.9 Å². The smallest absolute Gasteiger partial charge is 0.242 e. The zero-order valence-corrected chi connectivity index (χ0v) is 13.0. The fourth-order valence-corrected chi connectivity index (χ4v) is 2.70. The highest BCUT2D eigenvalue weighted by molar-refractivity contribution is 7.80. The van der Waals surface area contributed by atoms with Crippen LogP contribution >= 0.6 is 12.2 Å². The maximum atomic E-state index is 11.9. The molecule has 0 spiro atoms. The van der Waals surface area contributed by atoms with Gasteiger partial charge in [-0.1, -0.05) is 31.0 Å². The molecule has 0 unspecified atom stereocenters. The molecule has 6 heteroatoms. The summed E-state index contributed by atoms with van der Waals surface area (Å²) in [7, 11) is 1.59. The number of hydrogen-bond donors (Lipinski definition) is 3. The van der Waals surface area contributed by atoms with Gasteiger partial charge in [-0.05, 0) is 31.1 Å². The van der Waals surface area contributed by atoms with Crippen LogP contribution in [-0.4, -0.2) is 24.2 Å². The number of para-hydroxylation sites is 1. The van der Waals surface area contributed by atoms with Crippen molar-refractivity contribution < 1.29 is 9.53 Å². The number of nitrogens with one attached hydrogen (secondary N) is 3. The number of carbonyl (C=O) groups excluding carboxylic acids is 1. The van der Waals surface area contributed by atoms with Crippen LogP contribution in [0.1, 0.15) is 31.2 Å². The second kappa shape index (κ2) is 7.83. The van der Waals surface area contributed by atoms with Crippen LogP contribution in [0.3, 0.4) is 0 Å². The summed E-state index contributed by atoms with van der Waals surface area (Å²) in [4.78, 5) is 11.9. The van der Waals surface area contributed by atoms with Crippen LogP contribution in [0.25, 0.3) is 0 Å². The van der Waals surface area contributed by atoms with Gasteiger partial charge in [0.05, 0.1) is 13.5 Å². The largest absolute Gasteiger partial charge is 0.496 e. The van der Waals surface area contributed by atoms with Crippen molar-refractivity contribution in [2.45, 2.75) is 38.1 Å². The highest BCUT2D eigenvalue weighted by atomic mass is 32.1. The van der Waals surface area contributed by atoms with Gasteiger partial charge in [-0.3, -0.25) is 15.6 Å². The Morgan fingerprint density at radius 3 is 2.71 bits per heavy atom. The number of thiocarbonyl (C=S) groups is 1. The first-order valence-corrected chi connectivity index (χ1v) is 7.57. The normalized spacial score (nSPS) is 14.5. The van der Waals surface area contributed by atoms with Crippen LogP contribution in [0.5, 0.6) is 5.75 Å². The van der Waals surface area contributed by atoms with E-state index in [4.69, 9.17) is 17.0 Å². The molecule has 1 fully saturated rings. The number of amides is 1. The van der Waals surface area contributed by atoms with E-state index in [2.05, 4.69) is 16.2 Å². The minimum Gasteiger partial charge on any atom is -0.496 e. The highest BCUT2D eigenvalue weighted by Crippen LogP contribution is 2.18. The van der Waals surface area contributed by atoms with Crippen molar-refractivity contribution >= 4 is 23.2 Å². The average molecular weight is 307 g/mol. The van der Waals surface area contributed by atoms with Crippen molar-refractivity contribution in [3.8, 4) is 5.75 Å². The third-order valence-corrected chi connectivity index (χ3v) is 3.77. The van der Waals surface area contributed by atoms with E-state index >= 15 is 0 Å². The first-order valence-electron chi connectivity index (χ1n) is 7.16. The summed E-state index contributed by atoms with van der Waals surface area (Å²) in [5.41, 5.74) is 6.20. The highest BCUT2D eigenvalue weighted by Gasteiger charge is 2.15. The van der Waals surface area contributed by atoms with Crippen molar-refractivity contribution in [2.24, 2.45) is 0 Å². The van der Waals surface area contributed by atoms with Crippen molar-refractivity contribution in [3.63, 3.8) is 0 Å². The minimum atomic E-state index is -0.157. The fourth-order valence-electron chi connectivity index (χ4n) is 2.48. The Labute approximate surface area is 130 Å². The molecule has 1 aliphatic carbocycles. The lowest BCUT2D eigenvalue weighted by molar-refractivity contribution is -0.121. The van der Waals surface area contributed by atoms with Crippen molar-refractivity contribution in [2.75, 3.05) is 7.11 Å². The van der Waals surface area contributed by atoms with Gasteiger partial charge in [0.15, 0.2) is 5.11 Å². The second-order valence-electron chi connectivity index (χ2n) is 5.12. The van der Waals surface area contributed by atoms with Gasteiger partial charge in [0.2, 0.25) is 5.91 Å². The van der Waals surface area contributed by atoms with E-state index in [9.17, 15) is 4.79 Å². The molecule has 3 N–H and O–H groups in total. The number of hydrogen-bond acceptors (Lipinski definition) is 3. The molecule has 0 atom stereocenters. The lowest BCUT2D eigenvalue weighted by atomic mass is 10.1. The predicted octanol–water partition coefficient (Wildman–Crippen LogP) is 1.68. The van der Waals surface area contributed by atoms with Crippen LogP contribution in [0.4, 0.5) is 0 Å². The molecule has 5 nitrogen and oxygen atoms in total. The van der Waals surface area contributed by atoms with Crippen molar-refractivity contribution in [1.82, 2.24) is 16.2 Å². The summed E-state index contributed by atoms with van der Waals surface area (Å²) in [6, 6.07) is 7.89. The van der Waals surface area contributed by atoms with Crippen LogP contribution in [0.2, 0.25) is 0 Å². The minimum absolute atomic E-state index is 0.157. The number of methoxy groups -OCH3 is 1. The Kier molecular flexibility index (Phi) is 5.80. The van der Waals surface area contributed by atoms with Gasteiger partial charge in [0, 0.05) is 11.6 Å². The van der Waals surface area contributed by atoms with E-state index in [-0.39, 0.29) is 12.3 Å². The third-order valence-electron chi connectivity index (χ3n) is 3.55. The van der Waals surface area contributed by atoms with E-state index in [0.717, 1.165) is 18.4 Å². The molecule has 0 saturated heterocycles. The molecule has 0 radical (unpaired) electrons. The Balaban J connectivity index is 1.75. The first kappa shape index (κ1) is 15.6. The van der Waals surface area contributed by atoms with Crippen LogP contribution in [0.15, 0.2) is 24.3 Å². The fraction of sp³-hybridized carbons (Fsp3) is 0.467. The van der Waals surface area contributed by atoms with Gasteiger partial charge in [0.1, 0.15) is 5.75 Å². The monoisotopic (exact) mass is 307 g/mol. The van der Waals surface area contributed by atoms with Crippen molar-refractivity contribution in [3.05, 3.63) is 29.8 Å². The number of ether oxygens (including phenoxy) is 1. The van der Waals surface area contributed by atoms with Crippen molar-refractivity contribution in [1.29, 1.82) is 0 Å². The molecule has 1 saturated carbocycles. The van der Waals surface area contributed by atoms with E-state index in [1.807, 2.05) is 24.3 Å². The van der Waals surface area contributed by atoms with E-state index in [0.29, 0.717) is 16.9 Å². The maximum absolute atomic E-state index is 11.9. The van der Waals surface area contributed by atoms with E-state index in [1.165, 1.54) is 12.8 Å². The Morgan fingerprint density at radius 2 is 2.00 bits per heavy atom. The summed E-state index contributed by atoms with van der Waals surface area (Å²) < 4.78 is 5.22. The molecule has 0 aromatic heterocycles. The summed E-state index contributed by atoms with van der Waals surface area (Å²) in [5, 5.41) is 3.67. The first-order chi connectivity index (χ1) is 10.2. The van der Waals surface area contributed by atoms with Gasteiger partial charge in [-0.2, -0.15) is 0 Å². The molecular formula is C15H21N3O2S. The van der Waals surface area contributed by atoms with Crippen LogP contribution in [-0.2, 0) is 11.2 Å². The van der Waals surface area contributed by atoms with Gasteiger partial charge < -0.3 is 10.1 Å². The molecule has 0 heterocycles. The molecule has 1 aromatic rings. The second-order valence-corrected chi connectivity index (χ2v) is 5.52. The number of carbonyl (C=O) groups is 1. The lowest BCUT2D eigenvalue weighted by Crippen LogP contribution is -2.49. The van der Waals surface area contributed by atoms with Crippen LogP contribution in [0, 0.1) is 0 Å². The quantitative estimate of drug-likeness (QED) is 0.583. The molecule has 1 amide bonds.